The van der Waals surface area contributed by atoms with Crippen LogP contribution in [0.5, 0.6) is 0 Å². The zero-order chi connectivity index (χ0) is 19.6. The van der Waals surface area contributed by atoms with Gasteiger partial charge in [0.15, 0.2) is 0 Å². The highest BCUT2D eigenvalue weighted by molar-refractivity contribution is 7.89. The average Bonchev–Trinajstić information content (AvgIpc) is 3.06. The lowest BCUT2D eigenvalue weighted by atomic mass is 10.1. The number of aromatic nitrogens is 1. The van der Waals surface area contributed by atoms with Crippen molar-refractivity contribution in [2.45, 2.75) is 25.3 Å². The number of hydrogen-bond donors (Lipinski definition) is 0. The molecule has 0 spiro atoms. The predicted octanol–water partition coefficient (Wildman–Crippen LogP) is 2.05. The van der Waals surface area contributed by atoms with Gasteiger partial charge in [0.25, 0.3) is 0 Å². The molecule has 0 unspecified atom stereocenters. The van der Waals surface area contributed by atoms with Crippen molar-refractivity contribution < 1.29 is 17.9 Å². The maximum absolute atomic E-state index is 13.1. The Kier molecular flexibility index (Phi) is 5.95. The highest BCUT2D eigenvalue weighted by Gasteiger charge is 2.30. The van der Waals surface area contributed by atoms with Crippen LogP contribution in [-0.4, -0.2) is 61.9 Å². The lowest BCUT2D eigenvalue weighted by Gasteiger charge is -2.33. The average molecular weight is 410 g/mol. The second-order valence-corrected chi connectivity index (χ2v) is 9.48. The van der Waals surface area contributed by atoms with Crippen molar-refractivity contribution in [1.82, 2.24) is 14.2 Å². The van der Waals surface area contributed by atoms with E-state index in [2.05, 4.69) is 9.88 Å². The minimum absolute atomic E-state index is 0.161. The Morgan fingerprint density at radius 1 is 1.22 bits per heavy atom. The SMILES string of the molecule is COC(=O)c1ccc(C)c(S(=O)(=O)N2CCN(Cc3csc(C)n3)CC2)c1. The second-order valence-electron chi connectivity index (χ2n) is 6.51. The minimum atomic E-state index is -3.66. The normalized spacial score (nSPS) is 16.4. The molecule has 0 saturated carbocycles. The smallest absolute Gasteiger partial charge is 0.337 e. The van der Waals surface area contributed by atoms with E-state index < -0.39 is 16.0 Å². The van der Waals surface area contributed by atoms with Crippen molar-refractivity contribution in [1.29, 1.82) is 0 Å². The van der Waals surface area contributed by atoms with Crippen LogP contribution in [0.2, 0.25) is 0 Å². The van der Waals surface area contributed by atoms with Gasteiger partial charge in [-0.15, -0.1) is 11.3 Å². The number of carbonyl (C=O) groups excluding carboxylic acids is 1. The van der Waals surface area contributed by atoms with E-state index >= 15 is 0 Å². The molecule has 0 bridgehead atoms. The first-order valence-corrected chi connectivity index (χ1v) is 11.0. The van der Waals surface area contributed by atoms with E-state index in [-0.39, 0.29) is 10.5 Å². The standard InChI is InChI=1S/C18H23N3O4S2/c1-13-4-5-15(18(22)25-3)10-17(13)27(23,24)21-8-6-20(7-9-21)11-16-12-26-14(2)19-16/h4-5,10,12H,6-9,11H2,1-3H3. The van der Waals surface area contributed by atoms with Gasteiger partial charge in [0.1, 0.15) is 0 Å². The van der Waals surface area contributed by atoms with E-state index in [1.54, 1.807) is 30.4 Å². The van der Waals surface area contributed by atoms with Gasteiger partial charge < -0.3 is 4.74 Å². The van der Waals surface area contributed by atoms with E-state index in [9.17, 15) is 13.2 Å². The fraction of sp³-hybridized carbons (Fsp3) is 0.444. The maximum Gasteiger partial charge on any atom is 0.337 e. The summed E-state index contributed by atoms with van der Waals surface area (Å²) < 4.78 is 32.4. The van der Waals surface area contributed by atoms with Crippen LogP contribution in [0.1, 0.15) is 26.6 Å². The van der Waals surface area contributed by atoms with Gasteiger partial charge in [-0.3, -0.25) is 4.90 Å². The van der Waals surface area contributed by atoms with E-state index in [0.717, 1.165) is 17.2 Å². The molecule has 0 N–H and O–H groups in total. The highest BCUT2D eigenvalue weighted by atomic mass is 32.2. The molecule has 9 heteroatoms. The zero-order valence-corrected chi connectivity index (χ0v) is 17.3. The van der Waals surface area contributed by atoms with Crippen molar-refractivity contribution in [3.8, 4) is 0 Å². The van der Waals surface area contributed by atoms with Gasteiger partial charge in [0.2, 0.25) is 10.0 Å². The zero-order valence-electron chi connectivity index (χ0n) is 15.6. The third-order valence-corrected chi connectivity index (χ3v) is 7.47. The van der Waals surface area contributed by atoms with E-state index in [4.69, 9.17) is 4.74 Å². The number of thiazole rings is 1. The van der Waals surface area contributed by atoms with Crippen LogP contribution in [0.4, 0.5) is 0 Å². The summed E-state index contributed by atoms with van der Waals surface area (Å²) in [7, 11) is -2.39. The Hall–Kier alpha value is -1.81. The number of piperazine rings is 1. The van der Waals surface area contributed by atoms with Gasteiger partial charge in [-0.2, -0.15) is 4.31 Å². The summed E-state index contributed by atoms with van der Waals surface area (Å²) in [5, 5.41) is 3.08. The first-order valence-electron chi connectivity index (χ1n) is 8.63. The Labute approximate surface area is 163 Å². The summed E-state index contributed by atoms with van der Waals surface area (Å²) in [4.78, 5) is 18.6. The summed E-state index contributed by atoms with van der Waals surface area (Å²) in [6, 6.07) is 4.62. The molecule has 0 radical (unpaired) electrons. The van der Waals surface area contributed by atoms with Crippen molar-refractivity contribution in [3.63, 3.8) is 0 Å². The molecule has 7 nitrogen and oxygen atoms in total. The van der Waals surface area contributed by atoms with E-state index in [1.165, 1.54) is 17.5 Å². The van der Waals surface area contributed by atoms with Crippen LogP contribution in [-0.2, 0) is 21.3 Å². The van der Waals surface area contributed by atoms with Crippen LogP contribution in [0.25, 0.3) is 0 Å². The number of esters is 1. The predicted molar refractivity (Wildman–Crippen MR) is 103 cm³/mol. The minimum Gasteiger partial charge on any atom is -0.465 e. The molecule has 1 aromatic heterocycles. The quantitative estimate of drug-likeness (QED) is 0.703. The molecule has 2 heterocycles. The Morgan fingerprint density at radius 2 is 1.93 bits per heavy atom. The highest BCUT2D eigenvalue weighted by Crippen LogP contribution is 2.23. The van der Waals surface area contributed by atoms with Gasteiger partial charge in [-0.1, -0.05) is 6.07 Å². The fourth-order valence-electron chi connectivity index (χ4n) is 3.10. The number of sulfonamides is 1. The van der Waals surface area contributed by atoms with Crippen LogP contribution in [0.15, 0.2) is 28.5 Å². The van der Waals surface area contributed by atoms with Crippen molar-refractivity contribution in [3.05, 3.63) is 45.4 Å². The number of ether oxygens (including phenoxy) is 1. The largest absolute Gasteiger partial charge is 0.465 e. The summed E-state index contributed by atoms with van der Waals surface area (Å²) in [6.45, 7) is 6.55. The van der Waals surface area contributed by atoms with Gasteiger partial charge in [-0.05, 0) is 31.5 Å². The lowest BCUT2D eigenvalue weighted by molar-refractivity contribution is 0.0600. The molecule has 0 aliphatic carbocycles. The van der Waals surface area contributed by atoms with Crippen LogP contribution in [0, 0.1) is 13.8 Å². The van der Waals surface area contributed by atoms with Crippen LogP contribution >= 0.6 is 11.3 Å². The molecule has 3 rings (SSSR count). The summed E-state index contributed by atoms with van der Waals surface area (Å²) in [5.74, 6) is -0.546. The lowest BCUT2D eigenvalue weighted by Crippen LogP contribution is -2.48. The molecule has 27 heavy (non-hydrogen) atoms. The van der Waals surface area contributed by atoms with E-state index in [0.29, 0.717) is 31.7 Å². The molecular weight excluding hydrogens is 386 g/mol. The monoisotopic (exact) mass is 409 g/mol. The molecule has 2 aromatic rings. The number of hydrogen-bond acceptors (Lipinski definition) is 7. The summed E-state index contributed by atoms with van der Waals surface area (Å²) in [5.41, 5.74) is 1.87. The van der Waals surface area contributed by atoms with Gasteiger partial charge >= 0.3 is 5.97 Å². The Balaban J connectivity index is 1.72. The van der Waals surface area contributed by atoms with Gasteiger partial charge in [-0.25, -0.2) is 18.2 Å². The van der Waals surface area contributed by atoms with Crippen molar-refractivity contribution in [2.75, 3.05) is 33.3 Å². The van der Waals surface area contributed by atoms with Crippen LogP contribution in [0.3, 0.4) is 0 Å². The molecule has 1 fully saturated rings. The fourth-order valence-corrected chi connectivity index (χ4v) is 5.38. The topological polar surface area (TPSA) is 79.8 Å². The number of rotatable bonds is 5. The van der Waals surface area contributed by atoms with Crippen molar-refractivity contribution >= 4 is 27.3 Å². The number of nitrogens with zero attached hydrogens (tertiary/aromatic N) is 3. The second kappa shape index (κ2) is 8.05. The Bertz CT molecular complexity index is 932. The number of carbonyl (C=O) groups is 1. The maximum atomic E-state index is 13.1. The third kappa shape index (κ3) is 4.37. The van der Waals surface area contributed by atoms with Gasteiger partial charge in [0, 0.05) is 38.1 Å². The Morgan fingerprint density at radius 3 is 2.52 bits per heavy atom. The van der Waals surface area contributed by atoms with Crippen LogP contribution < -0.4 is 0 Å². The van der Waals surface area contributed by atoms with Crippen molar-refractivity contribution in [2.24, 2.45) is 0 Å². The summed E-state index contributed by atoms with van der Waals surface area (Å²) in [6.07, 6.45) is 0. The molecule has 0 atom stereocenters. The molecule has 1 aliphatic rings. The third-order valence-electron chi connectivity index (χ3n) is 4.61. The van der Waals surface area contributed by atoms with E-state index in [1.807, 2.05) is 12.3 Å². The summed E-state index contributed by atoms with van der Waals surface area (Å²) >= 11 is 1.62. The first kappa shape index (κ1) is 19.9. The molecule has 0 amide bonds. The first-order chi connectivity index (χ1) is 12.8. The number of methoxy groups -OCH3 is 1. The molecule has 1 aliphatic heterocycles. The number of benzene rings is 1. The molecule has 1 aromatic carbocycles. The molecule has 146 valence electrons. The molecular formula is C18H23N3O4S2. The molecule has 1 saturated heterocycles. The van der Waals surface area contributed by atoms with Gasteiger partial charge in [0.05, 0.1) is 28.3 Å². The number of aryl methyl sites for hydroxylation is 2.